The standard InChI is InChI=1S/C13H12FNO2/c14-11-5-3-9(4-6-11)1-2-10-7-12(16)13(17)15-8-10/h3-8,16H,1-2H2,(H,15,17). The molecule has 0 aliphatic heterocycles. The molecule has 2 rings (SSSR count). The van der Waals surface area contributed by atoms with E-state index in [0.29, 0.717) is 6.42 Å². The molecule has 1 aromatic heterocycles. The zero-order valence-corrected chi connectivity index (χ0v) is 9.11. The molecule has 0 radical (unpaired) electrons. The number of pyridine rings is 1. The van der Waals surface area contributed by atoms with E-state index in [9.17, 15) is 14.3 Å². The second-order valence-electron chi connectivity index (χ2n) is 3.85. The maximum Gasteiger partial charge on any atom is 0.290 e. The monoisotopic (exact) mass is 233 g/mol. The molecule has 2 aromatic rings. The highest BCUT2D eigenvalue weighted by Crippen LogP contribution is 2.09. The van der Waals surface area contributed by atoms with E-state index >= 15 is 0 Å². The number of nitrogens with one attached hydrogen (secondary N) is 1. The van der Waals surface area contributed by atoms with Crippen LogP contribution < -0.4 is 5.56 Å². The summed E-state index contributed by atoms with van der Waals surface area (Å²) in [6, 6.07) is 7.73. The molecule has 1 aromatic carbocycles. The number of hydrogen-bond donors (Lipinski definition) is 2. The lowest BCUT2D eigenvalue weighted by molar-refractivity contribution is 0.465. The van der Waals surface area contributed by atoms with Crippen molar-refractivity contribution < 1.29 is 9.50 Å². The molecule has 1 heterocycles. The lowest BCUT2D eigenvalue weighted by Gasteiger charge is -2.02. The molecule has 88 valence electrons. The predicted octanol–water partition coefficient (Wildman–Crippen LogP) is 2.00. The Morgan fingerprint density at radius 2 is 1.76 bits per heavy atom. The molecule has 0 aliphatic rings. The van der Waals surface area contributed by atoms with E-state index in [4.69, 9.17) is 0 Å². The van der Waals surface area contributed by atoms with Gasteiger partial charge in [0.15, 0.2) is 5.75 Å². The Labute approximate surface area is 97.6 Å². The van der Waals surface area contributed by atoms with Crippen LogP contribution >= 0.6 is 0 Å². The summed E-state index contributed by atoms with van der Waals surface area (Å²) in [5, 5.41) is 9.24. The smallest absolute Gasteiger partial charge is 0.290 e. The van der Waals surface area contributed by atoms with Gasteiger partial charge in [0.2, 0.25) is 0 Å². The number of H-pyrrole nitrogens is 1. The van der Waals surface area contributed by atoms with Crippen molar-refractivity contribution in [3.63, 3.8) is 0 Å². The Kier molecular flexibility index (Phi) is 3.23. The number of aromatic amines is 1. The second kappa shape index (κ2) is 4.82. The van der Waals surface area contributed by atoms with E-state index in [1.165, 1.54) is 18.2 Å². The van der Waals surface area contributed by atoms with E-state index in [0.717, 1.165) is 17.5 Å². The van der Waals surface area contributed by atoms with Crippen molar-refractivity contribution in [3.05, 3.63) is 63.8 Å². The topological polar surface area (TPSA) is 53.1 Å². The fraction of sp³-hybridized carbons (Fsp3) is 0.154. The molecule has 0 unspecified atom stereocenters. The Balaban J connectivity index is 2.04. The quantitative estimate of drug-likeness (QED) is 0.852. The summed E-state index contributed by atoms with van der Waals surface area (Å²) in [5.74, 6) is -0.531. The Morgan fingerprint density at radius 3 is 2.41 bits per heavy atom. The average molecular weight is 233 g/mol. The van der Waals surface area contributed by atoms with Crippen LogP contribution in [0.3, 0.4) is 0 Å². The molecular weight excluding hydrogens is 221 g/mol. The van der Waals surface area contributed by atoms with Crippen LogP contribution in [0.4, 0.5) is 4.39 Å². The average Bonchev–Trinajstić information content (AvgIpc) is 2.33. The van der Waals surface area contributed by atoms with Gasteiger partial charge in [-0.15, -0.1) is 0 Å². The van der Waals surface area contributed by atoms with Crippen LogP contribution in [0.2, 0.25) is 0 Å². The highest BCUT2D eigenvalue weighted by atomic mass is 19.1. The Hall–Kier alpha value is -2.10. The summed E-state index contributed by atoms with van der Waals surface area (Å²) < 4.78 is 12.7. The first-order valence-electron chi connectivity index (χ1n) is 5.30. The molecular formula is C13H12FNO2. The lowest BCUT2D eigenvalue weighted by Crippen LogP contribution is -2.05. The minimum absolute atomic E-state index is 0.254. The normalized spacial score (nSPS) is 10.4. The SMILES string of the molecule is O=c1[nH]cc(CCc2ccc(F)cc2)cc1O. The maximum atomic E-state index is 12.7. The van der Waals surface area contributed by atoms with Gasteiger partial charge < -0.3 is 10.1 Å². The van der Waals surface area contributed by atoms with Crippen LogP contribution in [-0.4, -0.2) is 10.1 Å². The molecule has 0 saturated heterocycles. The van der Waals surface area contributed by atoms with Crippen molar-refractivity contribution in [1.29, 1.82) is 0 Å². The Bertz CT molecular complexity index is 560. The number of rotatable bonds is 3. The molecule has 4 heteroatoms. The zero-order chi connectivity index (χ0) is 12.3. The molecule has 17 heavy (non-hydrogen) atoms. The summed E-state index contributed by atoms with van der Waals surface area (Å²) in [7, 11) is 0. The van der Waals surface area contributed by atoms with Crippen molar-refractivity contribution in [3.8, 4) is 5.75 Å². The van der Waals surface area contributed by atoms with Crippen molar-refractivity contribution in [2.75, 3.05) is 0 Å². The van der Waals surface area contributed by atoms with Gasteiger partial charge in [0.1, 0.15) is 5.82 Å². The molecule has 0 bridgehead atoms. The number of benzene rings is 1. The highest BCUT2D eigenvalue weighted by molar-refractivity contribution is 5.24. The van der Waals surface area contributed by atoms with Gasteiger partial charge in [-0.05, 0) is 42.2 Å². The predicted molar refractivity (Wildman–Crippen MR) is 62.5 cm³/mol. The third-order valence-corrected chi connectivity index (χ3v) is 2.56. The second-order valence-corrected chi connectivity index (χ2v) is 3.85. The maximum absolute atomic E-state index is 12.7. The first kappa shape index (κ1) is 11.4. The number of aryl methyl sites for hydroxylation is 2. The van der Waals surface area contributed by atoms with E-state index in [1.54, 1.807) is 18.3 Å². The van der Waals surface area contributed by atoms with E-state index in [-0.39, 0.29) is 11.6 Å². The van der Waals surface area contributed by atoms with E-state index in [1.807, 2.05) is 0 Å². The number of hydrogen-bond acceptors (Lipinski definition) is 2. The van der Waals surface area contributed by atoms with Gasteiger partial charge in [-0.3, -0.25) is 4.79 Å². The van der Waals surface area contributed by atoms with Gasteiger partial charge in [0.25, 0.3) is 5.56 Å². The summed E-state index contributed by atoms with van der Waals surface area (Å²) in [4.78, 5) is 13.4. The van der Waals surface area contributed by atoms with Crippen molar-refractivity contribution in [2.24, 2.45) is 0 Å². The first-order chi connectivity index (χ1) is 8.15. The third-order valence-electron chi connectivity index (χ3n) is 2.56. The van der Waals surface area contributed by atoms with Crippen LogP contribution in [0.15, 0.2) is 41.3 Å². The Morgan fingerprint density at radius 1 is 1.12 bits per heavy atom. The molecule has 0 atom stereocenters. The minimum atomic E-state index is -0.490. The number of aromatic nitrogens is 1. The van der Waals surface area contributed by atoms with E-state index < -0.39 is 5.56 Å². The van der Waals surface area contributed by atoms with Crippen LogP contribution in [0, 0.1) is 5.82 Å². The zero-order valence-electron chi connectivity index (χ0n) is 9.11. The molecule has 2 N–H and O–H groups in total. The van der Waals surface area contributed by atoms with Crippen LogP contribution in [0.25, 0.3) is 0 Å². The number of halogens is 1. The van der Waals surface area contributed by atoms with Gasteiger partial charge in [0, 0.05) is 6.20 Å². The van der Waals surface area contributed by atoms with E-state index in [2.05, 4.69) is 4.98 Å². The summed E-state index contributed by atoms with van der Waals surface area (Å²) in [6.45, 7) is 0. The fourth-order valence-corrected chi connectivity index (χ4v) is 1.60. The molecule has 0 spiro atoms. The van der Waals surface area contributed by atoms with Crippen molar-refractivity contribution in [2.45, 2.75) is 12.8 Å². The van der Waals surface area contributed by atoms with Gasteiger partial charge in [0.05, 0.1) is 0 Å². The van der Waals surface area contributed by atoms with Crippen molar-refractivity contribution >= 4 is 0 Å². The summed E-state index contributed by atoms with van der Waals surface area (Å²) >= 11 is 0. The highest BCUT2D eigenvalue weighted by Gasteiger charge is 2.00. The van der Waals surface area contributed by atoms with Gasteiger partial charge in [-0.25, -0.2) is 4.39 Å². The molecule has 0 amide bonds. The van der Waals surface area contributed by atoms with Crippen LogP contribution in [0.1, 0.15) is 11.1 Å². The first-order valence-corrected chi connectivity index (χ1v) is 5.30. The van der Waals surface area contributed by atoms with Crippen molar-refractivity contribution in [1.82, 2.24) is 4.98 Å². The minimum Gasteiger partial charge on any atom is -0.503 e. The summed E-state index contributed by atoms with van der Waals surface area (Å²) in [5.41, 5.74) is 1.36. The molecule has 3 nitrogen and oxygen atoms in total. The summed E-state index contributed by atoms with van der Waals surface area (Å²) in [6.07, 6.45) is 2.98. The van der Waals surface area contributed by atoms with Gasteiger partial charge >= 0.3 is 0 Å². The molecule has 0 fully saturated rings. The van der Waals surface area contributed by atoms with Crippen LogP contribution in [0.5, 0.6) is 5.75 Å². The van der Waals surface area contributed by atoms with Crippen LogP contribution in [-0.2, 0) is 12.8 Å². The van der Waals surface area contributed by atoms with Gasteiger partial charge in [-0.1, -0.05) is 12.1 Å². The fourth-order valence-electron chi connectivity index (χ4n) is 1.60. The third kappa shape index (κ3) is 2.93. The largest absolute Gasteiger partial charge is 0.503 e. The molecule has 0 aliphatic carbocycles. The lowest BCUT2D eigenvalue weighted by atomic mass is 10.1. The van der Waals surface area contributed by atoms with Gasteiger partial charge in [-0.2, -0.15) is 0 Å². The molecule has 0 saturated carbocycles. The number of aromatic hydroxyl groups is 1.